The number of carbonyl (C=O) groups is 1. The lowest BCUT2D eigenvalue weighted by Gasteiger charge is -2.16. The van der Waals surface area contributed by atoms with Crippen LogP contribution in [0.3, 0.4) is 0 Å². The predicted molar refractivity (Wildman–Crippen MR) is 91.0 cm³/mol. The molecular weight excluding hydrogens is 294 g/mol. The van der Waals surface area contributed by atoms with Crippen molar-refractivity contribution in [1.29, 1.82) is 0 Å². The highest BCUT2D eigenvalue weighted by molar-refractivity contribution is 5.43. The summed E-state index contributed by atoms with van der Waals surface area (Å²) >= 11 is 0. The van der Waals surface area contributed by atoms with Gasteiger partial charge in [-0.1, -0.05) is 23.8 Å². The van der Waals surface area contributed by atoms with Crippen molar-refractivity contribution in [2.75, 3.05) is 26.8 Å². The van der Waals surface area contributed by atoms with Crippen molar-refractivity contribution in [3.63, 3.8) is 0 Å². The van der Waals surface area contributed by atoms with Crippen molar-refractivity contribution < 1.29 is 19.4 Å². The molecule has 1 aromatic rings. The van der Waals surface area contributed by atoms with Crippen molar-refractivity contribution in [3.8, 4) is 11.5 Å². The van der Waals surface area contributed by atoms with Crippen LogP contribution in [0.2, 0.25) is 0 Å². The highest BCUT2D eigenvalue weighted by atomic mass is 16.5. The van der Waals surface area contributed by atoms with Crippen molar-refractivity contribution in [1.82, 2.24) is 4.90 Å². The molecule has 23 heavy (non-hydrogen) atoms. The molecule has 126 valence electrons. The van der Waals surface area contributed by atoms with Crippen LogP contribution in [0.15, 0.2) is 42.0 Å². The fourth-order valence-electron chi connectivity index (χ4n) is 2.14. The lowest BCUT2D eigenvalue weighted by molar-refractivity contribution is -0.122. The molecule has 0 aromatic heterocycles. The number of rotatable bonds is 6. The summed E-state index contributed by atoms with van der Waals surface area (Å²) in [6.07, 6.45) is 6.46. The van der Waals surface area contributed by atoms with Gasteiger partial charge in [-0.05, 0) is 37.6 Å². The third kappa shape index (κ3) is 7.02. The molecule has 0 fully saturated rings. The number of allylic oxidation sites excluding steroid dienone is 1. The van der Waals surface area contributed by atoms with E-state index in [4.69, 9.17) is 19.4 Å². The van der Waals surface area contributed by atoms with Gasteiger partial charge in [-0.3, -0.25) is 9.69 Å². The van der Waals surface area contributed by atoms with E-state index in [-0.39, 0.29) is 6.47 Å². The van der Waals surface area contributed by atoms with Gasteiger partial charge in [0.2, 0.25) is 0 Å². The SMILES string of the molecule is COc1cc(CN2CC=CC2)ccc1OCC=C(C)C.O=CO. The van der Waals surface area contributed by atoms with Gasteiger partial charge < -0.3 is 14.6 Å². The second-order valence-electron chi connectivity index (χ2n) is 5.35. The molecular formula is C18H25NO4. The molecule has 0 amide bonds. The average molecular weight is 319 g/mol. The Balaban J connectivity index is 0.000000816. The van der Waals surface area contributed by atoms with Gasteiger partial charge in [0, 0.05) is 19.6 Å². The Labute approximate surface area is 137 Å². The van der Waals surface area contributed by atoms with Crippen LogP contribution < -0.4 is 9.47 Å². The van der Waals surface area contributed by atoms with E-state index in [1.165, 1.54) is 11.1 Å². The molecule has 0 unspecified atom stereocenters. The minimum absolute atomic E-state index is 0.250. The van der Waals surface area contributed by atoms with E-state index in [2.05, 4.69) is 49.1 Å². The zero-order chi connectivity index (χ0) is 17.1. The first-order valence-corrected chi connectivity index (χ1v) is 7.49. The van der Waals surface area contributed by atoms with Crippen LogP contribution in [0.5, 0.6) is 11.5 Å². The van der Waals surface area contributed by atoms with E-state index in [1.54, 1.807) is 7.11 Å². The number of carboxylic acid groups (broad SMARTS) is 1. The quantitative estimate of drug-likeness (QED) is 0.645. The van der Waals surface area contributed by atoms with E-state index in [9.17, 15) is 0 Å². The predicted octanol–water partition coefficient (Wildman–Crippen LogP) is 3.11. The number of ether oxygens (including phenoxy) is 2. The Morgan fingerprint density at radius 2 is 1.91 bits per heavy atom. The van der Waals surface area contributed by atoms with E-state index >= 15 is 0 Å². The maximum atomic E-state index is 8.36. The molecule has 0 spiro atoms. The molecule has 1 N–H and O–H groups in total. The maximum absolute atomic E-state index is 8.36. The van der Waals surface area contributed by atoms with Crippen LogP contribution >= 0.6 is 0 Å². The van der Waals surface area contributed by atoms with Crippen LogP contribution in [-0.2, 0) is 11.3 Å². The number of benzene rings is 1. The van der Waals surface area contributed by atoms with Crippen LogP contribution in [-0.4, -0.2) is 43.3 Å². The van der Waals surface area contributed by atoms with Crippen molar-refractivity contribution >= 4 is 6.47 Å². The zero-order valence-corrected chi connectivity index (χ0v) is 14.0. The second kappa shape index (κ2) is 10.5. The molecule has 0 atom stereocenters. The fraction of sp³-hybridized carbons (Fsp3) is 0.389. The Hall–Kier alpha value is -2.27. The van der Waals surface area contributed by atoms with Crippen LogP contribution in [0.4, 0.5) is 0 Å². The van der Waals surface area contributed by atoms with Gasteiger partial charge in [-0.15, -0.1) is 0 Å². The van der Waals surface area contributed by atoms with Gasteiger partial charge in [0.05, 0.1) is 7.11 Å². The first-order valence-electron chi connectivity index (χ1n) is 7.49. The molecule has 1 heterocycles. The largest absolute Gasteiger partial charge is 0.493 e. The molecule has 0 radical (unpaired) electrons. The summed E-state index contributed by atoms with van der Waals surface area (Å²) in [5, 5.41) is 6.89. The maximum Gasteiger partial charge on any atom is 0.290 e. The lowest BCUT2D eigenvalue weighted by atomic mass is 10.2. The summed E-state index contributed by atoms with van der Waals surface area (Å²) < 4.78 is 11.2. The second-order valence-corrected chi connectivity index (χ2v) is 5.35. The number of methoxy groups -OCH3 is 1. The van der Waals surface area contributed by atoms with E-state index in [0.29, 0.717) is 6.61 Å². The molecule has 1 aliphatic heterocycles. The molecule has 0 saturated carbocycles. The van der Waals surface area contributed by atoms with E-state index in [0.717, 1.165) is 31.1 Å². The summed E-state index contributed by atoms with van der Waals surface area (Å²) in [6.45, 7) is 7.45. The minimum Gasteiger partial charge on any atom is -0.493 e. The third-order valence-electron chi connectivity index (χ3n) is 3.26. The van der Waals surface area contributed by atoms with Gasteiger partial charge in [0.1, 0.15) is 6.61 Å². The van der Waals surface area contributed by atoms with E-state index in [1.807, 2.05) is 6.07 Å². The fourth-order valence-corrected chi connectivity index (χ4v) is 2.14. The Bertz CT molecular complexity index is 540. The normalized spacial score (nSPS) is 13.0. The first kappa shape index (κ1) is 18.8. The standard InChI is InChI=1S/C17H23NO2.CH2O2/c1-14(2)8-11-20-16-7-6-15(12-17(16)19-3)13-18-9-4-5-10-18;2-1-3/h4-8,12H,9-11,13H2,1-3H3;1H,(H,2,3). The van der Waals surface area contributed by atoms with E-state index < -0.39 is 0 Å². The molecule has 1 aliphatic rings. The number of nitrogens with zero attached hydrogens (tertiary/aromatic N) is 1. The van der Waals surface area contributed by atoms with Crippen LogP contribution in [0, 0.1) is 0 Å². The minimum atomic E-state index is -0.250. The number of hydrogen-bond donors (Lipinski definition) is 1. The molecule has 2 rings (SSSR count). The summed E-state index contributed by atoms with van der Waals surface area (Å²) in [7, 11) is 1.68. The summed E-state index contributed by atoms with van der Waals surface area (Å²) in [5.41, 5.74) is 2.50. The zero-order valence-electron chi connectivity index (χ0n) is 14.0. The molecule has 0 aliphatic carbocycles. The van der Waals surface area contributed by atoms with Gasteiger partial charge >= 0.3 is 0 Å². The van der Waals surface area contributed by atoms with Gasteiger partial charge in [0.15, 0.2) is 11.5 Å². The molecule has 0 bridgehead atoms. The van der Waals surface area contributed by atoms with Crippen LogP contribution in [0.1, 0.15) is 19.4 Å². The van der Waals surface area contributed by atoms with Gasteiger partial charge in [0.25, 0.3) is 6.47 Å². The Morgan fingerprint density at radius 1 is 1.26 bits per heavy atom. The summed E-state index contributed by atoms with van der Waals surface area (Å²) in [4.78, 5) is 10.7. The van der Waals surface area contributed by atoms with Gasteiger partial charge in [-0.2, -0.15) is 0 Å². The monoisotopic (exact) mass is 319 g/mol. The van der Waals surface area contributed by atoms with Crippen molar-refractivity contribution in [2.45, 2.75) is 20.4 Å². The Morgan fingerprint density at radius 3 is 2.48 bits per heavy atom. The molecule has 1 aromatic carbocycles. The summed E-state index contributed by atoms with van der Waals surface area (Å²) in [6, 6.07) is 6.17. The first-order chi connectivity index (χ1) is 11.1. The highest BCUT2D eigenvalue weighted by Gasteiger charge is 2.10. The summed E-state index contributed by atoms with van der Waals surface area (Å²) in [5.74, 6) is 1.60. The molecule has 5 nitrogen and oxygen atoms in total. The molecule has 0 saturated heterocycles. The van der Waals surface area contributed by atoms with Gasteiger partial charge in [-0.25, -0.2) is 0 Å². The van der Waals surface area contributed by atoms with Crippen molar-refractivity contribution in [3.05, 3.63) is 47.6 Å². The lowest BCUT2D eigenvalue weighted by Crippen LogP contribution is -2.19. The highest BCUT2D eigenvalue weighted by Crippen LogP contribution is 2.28. The topological polar surface area (TPSA) is 59.0 Å². The average Bonchev–Trinajstić information content (AvgIpc) is 3.02. The van der Waals surface area contributed by atoms with Crippen LogP contribution in [0.25, 0.3) is 0 Å². The van der Waals surface area contributed by atoms with Crippen molar-refractivity contribution in [2.24, 2.45) is 0 Å². The third-order valence-corrected chi connectivity index (χ3v) is 3.26. The Kier molecular flexibility index (Phi) is 8.54. The number of hydrogen-bond acceptors (Lipinski definition) is 4. The smallest absolute Gasteiger partial charge is 0.290 e. The molecule has 5 heteroatoms.